The van der Waals surface area contributed by atoms with Crippen LogP contribution < -0.4 is 5.73 Å². The second-order valence-electron chi connectivity index (χ2n) is 4.89. The molecule has 0 spiro atoms. The molecule has 0 unspecified atom stereocenters. The molecule has 0 amide bonds. The topological polar surface area (TPSA) is 73.4 Å². The van der Waals surface area contributed by atoms with E-state index < -0.39 is 0 Å². The molecule has 21 heavy (non-hydrogen) atoms. The summed E-state index contributed by atoms with van der Waals surface area (Å²) in [5, 5.41) is 0. The highest BCUT2D eigenvalue weighted by molar-refractivity contribution is 9.10. The van der Waals surface area contributed by atoms with E-state index >= 15 is 0 Å². The highest BCUT2D eigenvalue weighted by atomic mass is 79.9. The first kappa shape index (κ1) is 14.0. The number of aromatic nitrogens is 2. The van der Waals surface area contributed by atoms with Gasteiger partial charge in [-0.3, -0.25) is 0 Å². The van der Waals surface area contributed by atoms with E-state index in [0.29, 0.717) is 12.6 Å². The van der Waals surface area contributed by atoms with E-state index in [0.717, 1.165) is 28.6 Å². The Morgan fingerprint density at radius 2 is 2.10 bits per heavy atom. The van der Waals surface area contributed by atoms with Crippen LogP contribution in [0.5, 0.6) is 0 Å². The van der Waals surface area contributed by atoms with Gasteiger partial charge in [-0.15, -0.1) is 0 Å². The first-order valence-electron chi connectivity index (χ1n) is 6.73. The van der Waals surface area contributed by atoms with Crippen LogP contribution in [0.3, 0.4) is 0 Å². The van der Waals surface area contributed by atoms with Crippen LogP contribution in [0.1, 0.15) is 12.0 Å². The van der Waals surface area contributed by atoms with Crippen LogP contribution in [0.4, 0.5) is 0 Å². The summed E-state index contributed by atoms with van der Waals surface area (Å²) in [5.41, 5.74) is 8.74. The number of halogens is 1. The van der Waals surface area contributed by atoms with Crippen molar-refractivity contribution in [2.24, 2.45) is 10.7 Å². The molecule has 2 aromatic rings. The first-order chi connectivity index (χ1) is 10.2. The van der Waals surface area contributed by atoms with Gasteiger partial charge in [-0.05, 0) is 34.3 Å². The lowest BCUT2D eigenvalue weighted by Crippen LogP contribution is -2.10. The Morgan fingerprint density at radius 3 is 2.76 bits per heavy atom. The van der Waals surface area contributed by atoms with Gasteiger partial charge in [0.25, 0.3) is 6.02 Å². The van der Waals surface area contributed by atoms with Gasteiger partial charge in [0.2, 0.25) is 0 Å². The molecule has 1 aliphatic heterocycles. The van der Waals surface area contributed by atoms with Crippen LogP contribution in [0.25, 0.3) is 11.3 Å². The van der Waals surface area contributed by atoms with Crippen LogP contribution in [0.15, 0.2) is 46.3 Å². The Labute approximate surface area is 131 Å². The van der Waals surface area contributed by atoms with Crippen LogP contribution in [-0.4, -0.2) is 28.6 Å². The smallest absolute Gasteiger partial charge is 0.282 e. The van der Waals surface area contributed by atoms with E-state index in [1.807, 2.05) is 0 Å². The first-order valence-corrected chi connectivity index (χ1v) is 7.52. The standard InChI is InChI=1S/C15H15BrN4O/c16-13-7-18-9-19-14(13)11-4-1-10(2-5-11)3-6-12-8-21-15(17)20-12/h1-2,4-5,7,9,12H,3,6,8H2,(H2,17,20)/t12-/m0/s1. The van der Waals surface area contributed by atoms with Crippen molar-refractivity contribution in [3.63, 3.8) is 0 Å². The summed E-state index contributed by atoms with van der Waals surface area (Å²) < 4.78 is 6.05. The molecule has 0 saturated heterocycles. The number of ether oxygens (including phenoxy) is 1. The quantitative estimate of drug-likeness (QED) is 0.923. The third kappa shape index (κ3) is 3.39. The molecular formula is C15H15BrN4O. The number of rotatable bonds is 4. The SMILES string of the molecule is NC1=N[C@@H](CCc2ccc(-c3ncncc3Br)cc2)CO1. The number of aliphatic imine (C=N–C) groups is 1. The number of amidine groups is 1. The minimum Gasteiger partial charge on any atom is -0.463 e. The van der Waals surface area contributed by atoms with Crippen molar-refractivity contribution < 1.29 is 4.74 Å². The second-order valence-corrected chi connectivity index (χ2v) is 5.74. The van der Waals surface area contributed by atoms with Gasteiger partial charge in [-0.25, -0.2) is 15.0 Å². The largest absolute Gasteiger partial charge is 0.463 e. The number of nitrogens with zero attached hydrogens (tertiary/aromatic N) is 3. The number of hydrogen-bond donors (Lipinski definition) is 1. The van der Waals surface area contributed by atoms with Gasteiger partial charge in [0, 0.05) is 11.8 Å². The predicted molar refractivity (Wildman–Crippen MR) is 84.9 cm³/mol. The number of aryl methyl sites for hydroxylation is 1. The fourth-order valence-corrected chi connectivity index (χ4v) is 2.72. The Morgan fingerprint density at radius 1 is 1.29 bits per heavy atom. The lowest BCUT2D eigenvalue weighted by Gasteiger charge is -2.07. The van der Waals surface area contributed by atoms with E-state index in [2.05, 4.69) is 55.2 Å². The van der Waals surface area contributed by atoms with Crippen molar-refractivity contribution in [1.29, 1.82) is 0 Å². The molecule has 0 radical (unpaired) electrons. The second kappa shape index (κ2) is 6.22. The van der Waals surface area contributed by atoms with Crippen LogP contribution in [-0.2, 0) is 11.2 Å². The molecule has 0 bridgehead atoms. The normalized spacial score (nSPS) is 17.4. The monoisotopic (exact) mass is 346 g/mol. The predicted octanol–water partition coefficient (Wildman–Crippen LogP) is 2.55. The van der Waals surface area contributed by atoms with Crippen molar-refractivity contribution >= 4 is 22.0 Å². The fourth-order valence-electron chi connectivity index (χ4n) is 2.27. The van der Waals surface area contributed by atoms with Gasteiger partial charge in [-0.2, -0.15) is 0 Å². The maximum Gasteiger partial charge on any atom is 0.282 e. The molecule has 3 rings (SSSR count). The minimum atomic E-state index is 0.181. The van der Waals surface area contributed by atoms with Gasteiger partial charge >= 0.3 is 0 Å². The Bertz CT molecular complexity index is 657. The third-order valence-corrected chi connectivity index (χ3v) is 3.97. The van der Waals surface area contributed by atoms with Crippen LogP contribution in [0.2, 0.25) is 0 Å². The zero-order valence-corrected chi connectivity index (χ0v) is 13.0. The fraction of sp³-hybridized carbons (Fsp3) is 0.267. The molecule has 0 aliphatic carbocycles. The van der Waals surface area contributed by atoms with Crippen LogP contribution >= 0.6 is 15.9 Å². The van der Waals surface area contributed by atoms with E-state index in [-0.39, 0.29) is 6.04 Å². The summed E-state index contributed by atoms with van der Waals surface area (Å²) in [4.78, 5) is 12.5. The number of hydrogen-bond acceptors (Lipinski definition) is 5. The van der Waals surface area contributed by atoms with Crippen LogP contribution in [0, 0.1) is 0 Å². The van der Waals surface area contributed by atoms with Crippen molar-refractivity contribution in [2.45, 2.75) is 18.9 Å². The van der Waals surface area contributed by atoms with Gasteiger partial charge < -0.3 is 10.5 Å². The Kier molecular flexibility index (Phi) is 4.15. The van der Waals surface area contributed by atoms with E-state index in [1.54, 1.807) is 12.5 Å². The Balaban J connectivity index is 1.66. The summed E-state index contributed by atoms with van der Waals surface area (Å²) in [6.45, 7) is 0.595. The highest BCUT2D eigenvalue weighted by Crippen LogP contribution is 2.25. The van der Waals surface area contributed by atoms with Gasteiger partial charge in [-0.1, -0.05) is 24.3 Å². The van der Waals surface area contributed by atoms with Crippen molar-refractivity contribution in [2.75, 3.05) is 6.61 Å². The molecule has 0 saturated carbocycles. The molecule has 6 heteroatoms. The zero-order chi connectivity index (χ0) is 14.7. The summed E-state index contributed by atoms with van der Waals surface area (Å²) in [7, 11) is 0. The average molecular weight is 347 g/mol. The molecule has 2 heterocycles. The molecule has 1 aromatic heterocycles. The van der Waals surface area contributed by atoms with E-state index in [4.69, 9.17) is 10.5 Å². The lowest BCUT2D eigenvalue weighted by atomic mass is 10.0. The molecule has 1 atom stereocenters. The van der Waals surface area contributed by atoms with Gasteiger partial charge in [0.1, 0.15) is 12.9 Å². The highest BCUT2D eigenvalue weighted by Gasteiger charge is 2.16. The van der Waals surface area contributed by atoms with Gasteiger partial charge in [0.15, 0.2) is 0 Å². The molecule has 2 N–H and O–H groups in total. The molecule has 1 aromatic carbocycles. The molecule has 0 fully saturated rings. The van der Waals surface area contributed by atoms with E-state index in [1.165, 1.54) is 5.56 Å². The molecule has 5 nitrogen and oxygen atoms in total. The van der Waals surface area contributed by atoms with E-state index in [9.17, 15) is 0 Å². The Hall–Kier alpha value is -1.95. The summed E-state index contributed by atoms with van der Waals surface area (Å²) in [6.07, 6.45) is 5.20. The molecular weight excluding hydrogens is 332 g/mol. The number of benzene rings is 1. The summed E-state index contributed by atoms with van der Waals surface area (Å²) in [6, 6.07) is 8.88. The summed E-state index contributed by atoms with van der Waals surface area (Å²) in [5.74, 6) is 0. The average Bonchev–Trinajstić information content (AvgIpc) is 2.92. The molecule has 1 aliphatic rings. The van der Waals surface area contributed by atoms with Gasteiger partial charge in [0.05, 0.1) is 16.2 Å². The minimum absolute atomic E-state index is 0.181. The zero-order valence-electron chi connectivity index (χ0n) is 11.4. The lowest BCUT2D eigenvalue weighted by molar-refractivity contribution is 0.308. The van der Waals surface area contributed by atoms with Crippen molar-refractivity contribution in [3.05, 3.63) is 46.8 Å². The third-order valence-electron chi connectivity index (χ3n) is 3.39. The maximum atomic E-state index is 5.50. The maximum absolute atomic E-state index is 5.50. The van der Waals surface area contributed by atoms with Crippen molar-refractivity contribution in [1.82, 2.24) is 9.97 Å². The van der Waals surface area contributed by atoms with Crippen molar-refractivity contribution in [3.8, 4) is 11.3 Å². The summed E-state index contributed by atoms with van der Waals surface area (Å²) >= 11 is 3.47. The molecule has 108 valence electrons. The number of nitrogens with two attached hydrogens (primary N) is 1.